The van der Waals surface area contributed by atoms with Crippen LogP contribution >= 0.6 is 0 Å². The van der Waals surface area contributed by atoms with Crippen molar-refractivity contribution < 1.29 is 18.6 Å². The number of fused-ring (bicyclic) bond motifs is 6. The average Bonchev–Trinajstić information content (AvgIpc) is 3.98. The highest BCUT2D eigenvalue weighted by atomic mass is 32.2. The van der Waals surface area contributed by atoms with Crippen LogP contribution in [0.2, 0.25) is 0 Å². The number of pyridine rings is 2. The Hall–Kier alpha value is -4.67. The molecule has 55 heavy (non-hydrogen) atoms. The Morgan fingerprint density at radius 3 is 1.82 bits per heavy atom. The van der Waals surface area contributed by atoms with Crippen LogP contribution in [0.25, 0.3) is 44.1 Å². The first-order valence-corrected chi connectivity index (χ1v) is 20.8. The molecule has 0 bridgehead atoms. The fourth-order valence-corrected chi connectivity index (χ4v) is 11.1. The molecule has 0 radical (unpaired) electrons. The Kier molecular flexibility index (Phi) is 9.04. The van der Waals surface area contributed by atoms with Crippen LogP contribution < -0.4 is 0 Å². The van der Waals surface area contributed by atoms with Crippen molar-refractivity contribution in [2.24, 2.45) is 0 Å². The highest BCUT2D eigenvalue weighted by Gasteiger charge is 2.41. The third kappa shape index (κ3) is 5.95. The van der Waals surface area contributed by atoms with Crippen LogP contribution in [0, 0.1) is 13.8 Å². The van der Waals surface area contributed by atoms with Gasteiger partial charge < -0.3 is 29.3 Å². The number of aromatic nitrogens is 8. The number of likely N-dealkylation sites (tertiary alicyclic amines) is 2. The summed E-state index contributed by atoms with van der Waals surface area (Å²) in [7, 11) is -3.94. The molecule has 4 unspecified atom stereocenters. The van der Waals surface area contributed by atoms with Crippen LogP contribution in [0.1, 0.15) is 63.3 Å². The van der Waals surface area contributed by atoms with E-state index in [0.717, 1.165) is 83.4 Å². The second-order valence-corrected chi connectivity index (χ2v) is 17.3. The second-order valence-electron chi connectivity index (χ2n) is 15.5. The van der Waals surface area contributed by atoms with E-state index in [9.17, 15) is 18.6 Å². The van der Waals surface area contributed by atoms with Gasteiger partial charge in [0.25, 0.3) is 0 Å². The zero-order valence-electron chi connectivity index (χ0n) is 31.6. The van der Waals surface area contributed by atoms with Crippen molar-refractivity contribution in [1.29, 1.82) is 0 Å². The van der Waals surface area contributed by atoms with Gasteiger partial charge in [0.1, 0.15) is 34.0 Å². The summed E-state index contributed by atoms with van der Waals surface area (Å²) < 4.78 is 32.4. The Bertz CT molecular complexity index is 2610. The van der Waals surface area contributed by atoms with E-state index in [0.29, 0.717) is 24.3 Å². The van der Waals surface area contributed by atoms with E-state index in [4.69, 9.17) is 9.97 Å². The Balaban J connectivity index is 0.964. The summed E-state index contributed by atoms with van der Waals surface area (Å²) in [5, 5.41) is 24.6. The molecule has 4 N–H and O–H groups in total. The Morgan fingerprint density at radius 1 is 0.709 bits per heavy atom. The number of aliphatic hydroxyl groups is 2. The number of imidazole rings is 2. The molecule has 8 heterocycles. The maximum absolute atomic E-state index is 13.9. The molecule has 15 heteroatoms. The summed E-state index contributed by atoms with van der Waals surface area (Å²) >= 11 is 0. The quantitative estimate of drug-likeness (QED) is 0.156. The number of nitrogens with one attached hydrogen (secondary N) is 2. The molecule has 7 aromatic rings. The smallest absolute Gasteiger partial charge is 0.226 e. The molecule has 2 aliphatic heterocycles. The number of benzene rings is 1. The maximum atomic E-state index is 13.9. The number of aryl methyl sites for hydroxylation is 2. The molecule has 6 aromatic heterocycles. The van der Waals surface area contributed by atoms with Gasteiger partial charge in [0.2, 0.25) is 9.84 Å². The average molecular weight is 765 g/mol. The molecule has 14 nitrogen and oxygen atoms in total. The molecular formula is C40H48N10O4S. The number of hydrogen-bond acceptors (Lipinski definition) is 10. The fourth-order valence-electron chi connectivity index (χ4n) is 9.75. The van der Waals surface area contributed by atoms with E-state index in [-0.39, 0.29) is 34.1 Å². The van der Waals surface area contributed by atoms with E-state index < -0.39 is 22.0 Å². The topological polar surface area (TPSA) is 174 Å². The van der Waals surface area contributed by atoms with Crippen molar-refractivity contribution in [3.05, 3.63) is 72.7 Å². The Morgan fingerprint density at radius 2 is 1.24 bits per heavy atom. The SMILES string of the molecule is Cc1nc2cnc3[nH]ccc3c2n1C1CCN(C(C(C)O)C(C(C)O)N2CCC(n3c(C)nc4c(S(=O)(=O)c5ccccc5)nc5[nH]ccc5c43)CC2)CC1. The van der Waals surface area contributed by atoms with Gasteiger partial charge in [0.15, 0.2) is 5.03 Å². The number of aromatic amines is 2. The third-order valence-electron chi connectivity index (χ3n) is 12.1. The fraction of sp³-hybridized carbons (Fsp3) is 0.450. The van der Waals surface area contributed by atoms with E-state index in [1.807, 2.05) is 39.2 Å². The van der Waals surface area contributed by atoms with Crippen molar-refractivity contribution in [1.82, 2.24) is 48.8 Å². The van der Waals surface area contributed by atoms with Crippen LogP contribution in [0.4, 0.5) is 0 Å². The number of piperidine rings is 2. The largest absolute Gasteiger partial charge is 0.392 e. The van der Waals surface area contributed by atoms with Crippen LogP contribution in [-0.4, -0.2) is 118 Å². The van der Waals surface area contributed by atoms with Crippen LogP contribution in [0.15, 0.2) is 71.0 Å². The van der Waals surface area contributed by atoms with Gasteiger partial charge in [-0.2, -0.15) is 0 Å². The lowest BCUT2D eigenvalue weighted by molar-refractivity contribution is -0.0611. The number of hydrogen-bond donors (Lipinski definition) is 4. The van der Waals surface area contributed by atoms with Gasteiger partial charge in [-0.25, -0.2) is 28.4 Å². The second kappa shape index (κ2) is 13.8. The maximum Gasteiger partial charge on any atom is 0.226 e. The van der Waals surface area contributed by atoms with Gasteiger partial charge in [-0.1, -0.05) is 18.2 Å². The van der Waals surface area contributed by atoms with Crippen molar-refractivity contribution in [2.45, 2.75) is 99.7 Å². The molecule has 1 aromatic carbocycles. The minimum Gasteiger partial charge on any atom is -0.392 e. The van der Waals surface area contributed by atoms with Crippen molar-refractivity contribution in [3.63, 3.8) is 0 Å². The minimum atomic E-state index is -3.94. The lowest BCUT2D eigenvalue weighted by atomic mass is 9.90. The van der Waals surface area contributed by atoms with Crippen molar-refractivity contribution in [2.75, 3.05) is 26.2 Å². The first-order chi connectivity index (χ1) is 26.5. The van der Waals surface area contributed by atoms with Gasteiger partial charge in [-0.3, -0.25) is 9.80 Å². The van der Waals surface area contributed by atoms with Gasteiger partial charge in [0, 0.05) is 61.4 Å². The third-order valence-corrected chi connectivity index (χ3v) is 13.8. The summed E-state index contributed by atoms with van der Waals surface area (Å²) in [5.41, 5.74) is 4.52. The summed E-state index contributed by atoms with van der Waals surface area (Å²) in [6.45, 7) is 10.7. The number of nitrogens with zero attached hydrogens (tertiary/aromatic N) is 8. The molecule has 2 saturated heterocycles. The lowest BCUT2D eigenvalue weighted by Crippen LogP contribution is -2.62. The van der Waals surface area contributed by atoms with Crippen LogP contribution in [0.5, 0.6) is 0 Å². The zero-order chi connectivity index (χ0) is 38.2. The predicted molar refractivity (Wildman–Crippen MR) is 211 cm³/mol. The van der Waals surface area contributed by atoms with Gasteiger partial charge in [-0.05, 0) is 77.6 Å². The van der Waals surface area contributed by atoms with Gasteiger partial charge >= 0.3 is 0 Å². The highest BCUT2D eigenvalue weighted by Crippen LogP contribution is 2.38. The van der Waals surface area contributed by atoms with Crippen LogP contribution in [0.3, 0.4) is 0 Å². The first-order valence-electron chi connectivity index (χ1n) is 19.3. The summed E-state index contributed by atoms with van der Waals surface area (Å²) in [5.74, 6) is 1.71. The predicted octanol–water partition coefficient (Wildman–Crippen LogP) is 5.06. The molecule has 2 aliphatic rings. The van der Waals surface area contributed by atoms with E-state index >= 15 is 0 Å². The summed E-state index contributed by atoms with van der Waals surface area (Å²) in [6, 6.07) is 12.2. The summed E-state index contributed by atoms with van der Waals surface area (Å²) in [4.78, 5) is 30.1. The van der Waals surface area contributed by atoms with Crippen LogP contribution in [-0.2, 0) is 9.84 Å². The number of H-pyrrole nitrogens is 2. The van der Waals surface area contributed by atoms with Crippen molar-refractivity contribution >= 4 is 54.0 Å². The minimum absolute atomic E-state index is 0.0493. The normalized spacial score (nSPS) is 19.5. The van der Waals surface area contributed by atoms with Gasteiger partial charge in [0.05, 0.1) is 46.4 Å². The molecule has 0 spiro atoms. The van der Waals surface area contributed by atoms with E-state index in [1.165, 1.54) is 0 Å². The monoisotopic (exact) mass is 764 g/mol. The van der Waals surface area contributed by atoms with Gasteiger partial charge in [-0.15, -0.1) is 0 Å². The molecule has 4 atom stereocenters. The van der Waals surface area contributed by atoms with E-state index in [1.54, 1.807) is 36.5 Å². The number of sulfone groups is 1. The molecule has 0 saturated carbocycles. The Labute approximate surface area is 319 Å². The highest BCUT2D eigenvalue weighted by molar-refractivity contribution is 7.91. The molecule has 0 amide bonds. The lowest BCUT2D eigenvalue weighted by Gasteiger charge is -2.49. The molecule has 2 fully saturated rings. The summed E-state index contributed by atoms with van der Waals surface area (Å²) in [6.07, 6.45) is 7.56. The standard InChI is InChI=1S/C40H48N10O4S/c1-23(51)34(47-18-12-27(13-19-47)49-25(3)44-32-22-43-38-30(36(32)49)10-16-41-38)35(24(2)52)48-20-14-28(15-21-48)50-26(4)45-33-37(50)31-11-17-42-39(31)46-40(33)55(53,54)29-8-6-5-7-9-29/h5-11,16-17,22-24,27-28,34-35,51-52H,12-15,18-21H2,1-4H3,(H,41,43)(H,42,46). The first kappa shape index (κ1) is 36.0. The number of rotatable bonds is 9. The number of aliphatic hydroxyl groups excluding tert-OH is 2. The molecule has 0 aliphatic carbocycles. The zero-order valence-corrected chi connectivity index (χ0v) is 32.4. The molecule has 9 rings (SSSR count). The molecular weight excluding hydrogens is 717 g/mol. The molecule has 288 valence electrons. The van der Waals surface area contributed by atoms with Crippen molar-refractivity contribution in [3.8, 4) is 0 Å². The van der Waals surface area contributed by atoms with E-state index in [2.05, 4.69) is 51.9 Å².